The van der Waals surface area contributed by atoms with Gasteiger partial charge in [0.1, 0.15) is 6.04 Å². The highest BCUT2D eigenvalue weighted by Crippen LogP contribution is 2.48. The van der Waals surface area contributed by atoms with Crippen LogP contribution in [0, 0.1) is 12.8 Å². The van der Waals surface area contributed by atoms with E-state index in [4.69, 9.17) is 0 Å². The van der Waals surface area contributed by atoms with Gasteiger partial charge in [0, 0.05) is 29.4 Å². The van der Waals surface area contributed by atoms with Gasteiger partial charge in [0.2, 0.25) is 5.91 Å². The van der Waals surface area contributed by atoms with Crippen LogP contribution in [0.4, 0.5) is 0 Å². The number of hydrogen-bond donors (Lipinski definition) is 3. The molecular weight excluding hydrogens is 340 g/mol. The summed E-state index contributed by atoms with van der Waals surface area (Å²) in [7, 11) is 0. The number of fused-ring (bicyclic) bond motifs is 1. The van der Waals surface area contributed by atoms with E-state index in [0.29, 0.717) is 0 Å². The lowest BCUT2D eigenvalue weighted by atomic mass is 10.0. The second-order valence-electron chi connectivity index (χ2n) is 7.27. The standard InChI is InChI=1S/C22H22N2O3/c1-13-6-2-3-7-15(13)17-11-18(17)21(25)24-20(22(26)27)10-14-12-23-19-9-5-4-8-16(14)19/h2-9,12,17-18,20,23H,10-11H2,1H3,(H,24,25)(H,26,27). The molecule has 1 amide bonds. The van der Waals surface area contributed by atoms with Gasteiger partial charge in [-0.15, -0.1) is 0 Å². The SMILES string of the molecule is Cc1ccccc1C1CC1C(=O)NC(Cc1c[nH]c2ccccc12)C(=O)O. The monoisotopic (exact) mass is 362 g/mol. The highest BCUT2D eigenvalue weighted by molar-refractivity contribution is 5.89. The zero-order valence-electron chi connectivity index (χ0n) is 15.1. The Hall–Kier alpha value is -3.08. The second kappa shape index (κ2) is 6.91. The number of carboxylic acids is 1. The molecule has 3 atom stereocenters. The van der Waals surface area contributed by atoms with Gasteiger partial charge in [0.25, 0.3) is 0 Å². The number of aromatic nitrogens is 1. The number of nitrogens with one attached hydrogen (secondary N) is 2. The van der Waals surface area contributed by atoms with Crippen LogP contribution in [0.15, 0.2) is 54.7 Å². The fourth-order valence-corrected chi connectivity index (χ4v) is 3.83. The van der Waals surface area contributed by atoms with E-state index in [9.17, 15) is 14.7 Å². The number of rotatable bonds is 6. The first-order valence-corrected chi connectivity index (χ1v) is 9.18. The summed E-state index contributed by atoms with van der Waals surface area (Å²) in [6, 6.07) is 14.9. The summed E-state index contributed by atoms with van der Waals surface area (Å²) in [5, 5.41) is 13.3. The van der Waals surface area contributed by atoms with Crippen molar-refractivity contribution in [3.63, 3.8) is 0 Å². The number of carbonyl (C=O) groups excluding carboxylic acids is 1. The fraction of sp³-hybridized carbons (Fsp3) is 0.273. The Balaban J connectivity index is 1.45. The summed E-state index contributed by atoms with van der Waals surface area (Å²) in [4.78, 5) is 27.5. The minimum absolute atomic E-state index is 0.143. The molecule has 0 radical (unpaired) electrons. The van der Waals surface area contributed by atoms with Gasteiger partial charge in [-0.2, -0.15) is 0 Å². The molecule has 2 aromatic carbocycles. The predicted molar refractivity (Wildman–Crippen MR) is 104 cm³/mol. The highest BCUT2D eigenvalue weighted by Gasteiger charge is 2.45. The van der Waals surface area contributed by atoms with Crippen molar-refractivity contribution >= 4 is 22.8 Å². The van der Waals surface area contributed by atoms with E-state index in [1.54, 1.807) is 0 Å². The summed E-state index contributed by atoms with van der Waals surface area (Å²) < 4.78 is 0. The Labute approximate surface area is 157 Å². The van der Waals surface area contributed by atoms with Crippen molar-refractivity contribution in [1.29, 1.82) is 0 Å². The molecule has 1 aromatic heterocycles. The Morgan fingerprint density at radius 1 is 1.19 bits per heavy atom. The third-order valence-corrected chi connectivity index (χ3v) is 5.43. The van der Waals surface area contributed by atoms with Crippen LogP contribution in [0.2, 0.25) is 0 Å². The van der Waals surface area contributed by atoms with Crippen molar-refractivity contribution in [3.8, 4) is 0 Å². The molecule has 1 fully saturated rings. The van der Waals surface area contributed by atoms with E-state index < -0.39 is 12.0 Å². The van der Waals surface area contributed by atoms with E-state index in [1.165, 1.54) is 11.1 Å². The van der Waals surface area contributed by atoms with Crippen molar-refractivity contribution in [2.45, 2.75) is 31.7 Å². The number of carbonyl (C=O) groups is 2. The van der Waals surface area contributed by atoms with Crippen LogP contribution < -0.4 is 5.32 Å². The maximum Gasteiger partial charge on any atom is 0.326 e. The molecule has 0 spiro atoms. The Morgan fingerprint density at radius 3 is 2.70 bits per heavy atom. The minimum Gasteiger partial charge on any atom is -0.480 e. The van der Waals surface area contributed by atoms with Crippen molar-refractivity contribution in [2.24, 2.45) is 5.92 Å². The first kappa shape index (κ1) is 17.3. The van der Waals surface area contributed by atoms with Crippen LogP contribution in [0.3, 0.4) is 0 Å². The lowest BCUT2D eigenvalue weighted by molar-refractivity contribution is -0.142. The first-order valence-electron chi connectivity index (χ1n) is 9.18. The number of aromatic amines is 1. The van der Waals surface area contributed by atoms with E-state index in [2.05, 4.69) is 10.3 Å². The highest BCUT2D eigenvalue weighted by atomic mass is 16.4. The van der Waals surface area contributed by atoms with Crippen molar-refractivity contribution in [1.82, 2.24) is 10.3 Å². The van der Waals surface area contributed by atoms with Crippen LogP contribution >= 0.6 is 0 Å². The maximum absolute atomic E-state index is 12.6. The van der Waals surface area contributed by atoms with Crippen LogP contribution in [-0.2, 0) is 16.0 Å². The molecule has 27 heavy (non-hydrogen) atoms. The normalized spacial score (nSPS) is 19.6. The lowest BCUT2D eigenvalue weighted by Crippen LogP contribution is -2.43. The lowest BCUT2D eigenvalue weighted by Gasteiger charge is -2.14. The molecule has 1 aliphatic rings. The second-order valence-corrected chi connectivity index (χ2v) is 7.27. The molecule has 3 aromatic rings. The molecule has 1 aliphatic carbocycles. The van der Waals surface area contributed by atoms with Crippen LogP contribution in [0.1, 0.15) is 29.0 Å². The number of hydrogen-bond acceptors (Lipinski definition) is 2. The smallest absolute Gasteiger partial charge is 0.326 e. The molecule has 1 heterocycles. The number of benzene rings is 2. The molecule has 4 rings (SSSR count). The van der Waals surface area contributed by atoms with Crippen molar-refractivity contribution < 1.29 is 14.7 Å². The number of aliphatic carboxylic acids is 1. The van der Waals surface area contributed by atoms with Gasteiger partial charge >= 0.3 is 5.97 Å². The van der Waals surface area contributed by atoms with Gasteiger partial charge in [0.05, 0.1) is 0 Å². The molecular formula is C22H22N2O3. The van der Waals surface area contributed by atoms with Gasteiger partial charge in [-0.3, -0.25) is 4.79 Å². The van der Waals surface area contributed by atoms with Gasteiger partial charge in [-0.25, -0.2) is 4.79 Å². The Bertz CT molecular complexity index is 1010. The zero-order valence-corrected chi connectivity index (χ0v) is 15.1. The third kappa shape index (κ3) is 3.45. The number of amides is 1. The van der Waals surface area contributed by atoms with Crippen LogP contribution in [-0.4, -0.2) is 28.0 Å². The molecule has 0 saturated heterocycles. The van der Waals surface area contributed by atoms with Gasteiger partial charge in [0.15, 0.2) is 0 Å². The first-order chi connectivity index (χ1) is 13.0. The van der Waals surface area contributed by atoms with Crippen LogP contribution in [0.25, 0.3) is 10.9 Å². The zero-order chi connectivity index (χ0) is 19.0. The van der Waals surface area contributed by atoms with Gasteiger partial charge in [-0.05, 0) is 42.0 Å². The molecule has 5 heteroatoms. The van der Waals surface area contributed by atoms with E-state index in [0.717, 1.165) is 22.9 Å². The fourth-order valence-electron chi connectivity index (χ4n) is 3.83. The number of H-pyrrole nitrogens is 1. The number of aryl methyl sites for hydroxylation is 1. The molecule has 0 aliphatic heterocycles. The maximum atomic E-state index is 12.6. The summed E-state index contributed by atoms with van der Waals surface area (Å²) in [5.41, 5.74) is 4.21. The molecule has 138 valence electrons. The predicted octanol–water partition coefficient (Wildman–Crippen LogP) is 3.39. The summed E-state index contributed by atoms with van der Waals surface area (Å²) >= 11 is 0. The Kier molecular flexibility index (Phi) is 4.44. The minimum atomic E-state index is -1.01. The van der Waals surface area contributed by atoms with Crippen molar-refractivity contribution in [2.75, 3.05) is 0 Å². The topological polar surface area (TPSA) is 82.2 Å². The quantitative estimate of drug-likeness (QED) is 0.629. The molecule has 5 nitrogen and oxygen atoms in total. The number of para-hydroxylation sites is 1. The van der Waals surface area contributed by atoms with Gasteiger partial charge in [-0.1, -0.05) is 42.5 Å². The van der Waals surface area contributed by atoms with Gasteiger partial charge < -0.3 is 15.4 Å². The summed E-state index contributed by atoms with van der Waals surface area (Å²) in [6.07, 6.45) is 2.85. The third-order valence-electron chi connectivity index (χ3n) is 5.43. The average Bonchev–Trinajstić information content (AvgIpc) is 3.36. The molecule has 3 unspecified atom stereocenters. The Morgan fingerprint density at radius 2 is 1.93 bits per heavy atom. The van der Waals surface area contributed by atoms with Crippen LogP contribution in [0.5, 0.6) is 0 Å². The largest absolute Gasteiger partial charge is 0.480 e. The van der Waals surface area contributed by atoms with Crippen molar-refractivity contribution in [3.05, 3.63) is 71.4 Å². The summed E-state index contributed by atoms with van der Waals surface area (Å²) in [6.45, 7) is 2.04. The average molecular weight is 362 g/mol. The van der Waals surface area contributed by atoms with E-state index >= 15 is 0 Å². The molecule has 1 saturated carbocycles. The van der Waals surface area contributed by atoms with E-state index in [1.807, 2.05) is 61.7 Å². The van der Waals surface area contributed by atoms with E-state index in [-0.39, 0.29) is 24.2 Å². The number of carboxylic acid groups (broad SMARTS) is 1. The molecule has 0 bridgehead atoms. The molecule has 3 N–H and O–H groups in total. The summed E-state index contributed by atoms with van der Waals surface area (Å²) in [5.74, 6) is -1.14.